The summed E-state index contributed by atoms with van der Waals surface area (Å²) in [6.45, 7) is 5.53. The molecule has 0 saturated heterocycles. The molecule has 2 aromatic rings. The number of fused-ring (bicyclic) bond motifs is 1. The number of carbonyl (C=O) groups is 2. The number of hydrogen-bond acceptors (Lipinski definition) is 4. The Morgan fingerprint density at radius 1 is 1.40 bits per heavy atom. The third-order valence-corrected chi connectivity index (χ3v) is 5.32. The SMILES string of the molecule is CC(C)C(=O)N1Cc2ccnn2[C@H](CC(=O)NCCc2cccs2)C1. The van der Waals surface area contributed by atoms with Gasteiger partial charge >= 0.3 is 0 Å². The van der Waals surface area contributed by atoms with Crippen LogP contribution < -0.4 is 5.32 Å². The highest BCUT2D eigenvalue weighted by atomic mass is 32.1. The Balaban J connectivity index is 1.58. The highest BCUT2D eigenvalue weighted by Crippen LogP contribution is 2.24. The average molecular weight is 360 g/mol. The van der Waals surface area contributed by atoms with Gasteiger partial charge in [0.15, 0.2) is 0 Å². The molecule has 1 N–H and O–H groups in total. The quantitative estimate of drug-likeness (QED) is 0.859. The summed E-state index contributed by atoms with van der Waals surface area (Å²) in [5, 5.41) is 9.37. The number of nitrogens with one attached hydrogen (secondary N) is 1. The number of aromatic nitrogens is 2. The van der Waals surface area contributed by atoms with Gasteiger partial charge in [0.25, 0.3) is 0 Å². The highest BCUT2D eigenvalue weighted by molar-refractivity contribution is 7.09. The number of hydrogen-bond donors (Lipinski definition) is 1. The zero-order valence-corrected chi connectivity index (χ0v) is 15.5. The van der Waals surface area contributed by atoms with Crippen LogP contribution in [-0.4, -0.2) is 39.6 Å². The van der Waals surface area contributed by atoms with Crippen LogP contribution in [0.5, 0.6) is 0 Å². The van der Waals surface area contributed by atoms with Gasteiger partial charge in [0.05, 0.1) is 24.7 Å². The maximum absolute atomic E-state index is 12.4. The Bertz CT molecular complexity index is 723. The topological polar surface area (TPSA) is 67.2 Å². The zero-order chi connectivity index (χ0) is 17.8. The fourth-order valence-electron chi connectivity index (χ4n) is 3.14. The third kappa shape index (κ3) is 4.28. The van der Waals surface area contributed by atoms with Crippen molar-refractivity contribution in [1.29, 1.82) is 0 Å². The van der Waals surface area contributed by atoms with E-state index in [1.54, 1.807) is 17.5 Å². The average Bonchev–Trinajstić information content (AvgIpc) is 3.25. The first-order chi connectivity index (χ1) is 12.0. The van der Waals surface area contributed by atoms with Crippen molar-refractivity contribution in [2.75, 3.05) is 13.1 Å². The number of amides is 2. The molecule has 0 radical (unpaired) electrons. The molecule has 3 heterocycles. The summed E-state index contributed by atoms with van der Waals surface area (Å²) >= 11 is 1.70. The Labute approximate surface area is 151 Å². The minimum absolute atomic E-state index is 0.00171. The molecule has 0 spiro atoms. The van der Waals surface area contributed by atoms with Crippen LogP contribution in [0.2, 0.25) is 0 Å². The van der Waals surface area contributed by atoms with E-state index in [0.29, 0.717) is 26.1 Å². The molecule has 0 aromatic carbocycles. The standard InChI is InChI=1S/C18H24N4O2S/c1-13(2)18(24)21-11-14-5-8-20-22(14)15(12-21)10-17(23)19-7-6-16-4-3-9-25-16/h3-5,8-9,13,15H,6-7,10-12H2,1-2H3,(H,19,23)/t15-/m1/s1. The minimum Gasteiger partial charge on any atom is -0.356 e. The largest absolute Gasteiger partial charge is 0.356 e. The van der Waals surface area contributed by atoms with E-state index in [-0.39, 0.29) is 23.8 Å². The summed E-state index contributed by atoms with van der Waals surface area (Å²) in [6.07, 6.45) is 2.92. The van der Waals surface area contributed by atoms with E-state index in [4.69, 9.17) is 0 Å². The zero-order valence-electron chi connectivity index (χ0n) is 14.6. The lowest BCUT2D eigenvalue weighted by Crippen LogP contribution is -2.44. The Morgan fingerprint density at radius 2 is 2.24 bits per heavy atom. The smallest absolute Gasteiger partial charge is 0.225 e. The molecule has 7 heteroatoms. The fraction of sp³-hybridized carbons (Fsp3) is 0.500. The lowest BCUT2D eigenvalue weighted by molar-refractivity contribution is -0.137. The van der Waals surface area contributed by atoms with E-state index in [0.717, 1.165) is 12.1 Å². The van der Waals surface area contributed by atoms with E-state index in [1.807, 2.05) is 40.9 Å². The second kappa shape index (κ2) is 7.82. The maximum Gasteiger partial charge on any atom is 0.225 e. The molecule has 134 valence electrons. The molecule has 0 fully saturated rings. The molecule has 0 unspecified atom stereocenters. The fourth-order valence-corrected chi connectivity index (χ4v) is 3.85. The van der Waals surface area contributed by atoms with Gasteiger partial charge in [-0.15, -0.1) is 11.3 Å². The first kappa shape index (κ1) is 17.7. The van der Waals surface area contributed by atoms with Crippen LogP contribution in [0.15, 0.2) is 29.8 Å². The Morgan fingerprint density at radius 3 is 2.96 bits per heavy atom. The van der Waals surface area contributed by atoms with Gasteiger partial charge in [-0.1, -0.05) is 19.9 Å². The van der Waals surface area contributed by atoms with Crippen molar-refractivity contribution >= 4 is 23.2 Å². The molecule has 1 atom stereocenters. The van der Waals surface area contributed by atoms with Gasteiger partial charge in [0.1, 0.15) is 0 Å². The second-order valence-electron chi connectivity index (χ2n) is 6.68. The summed E-state index contributed by atoms with van der Waals surface area (Å²) in [5.41, 5.74) is 0.983. The minimum atomic E-state index is -0.108. The molecule has 25 heavy (non-hydrogen) atoms. The summed E-state index contributed by atoms with van der Waals surface area (Å²) in [4.78, 5) is 27.8. The monoisotopic (exact) mass is 360 g/mol. The van der Waals surface area contributed by atoms with E-state index < -0.39 is 0 Å². The van der Waals surface area contributed by atoms with Crippen LogP contribution in [0.3, 0.4) is 0 Å². The van der Waals surface area contributed by atoms with Crippen molar-refractivity contribution in [2.24, 2.45) is 5.92 Å². The van der Waals surface area contributed by atoms with E-state index >= 15 is 0 Å². The van der Waals surface area contributed by atoms with Crippen LogP contribution in [0.4, 0.5) is 0 Å². The molecule has 0 aliphatic carbocycles. The second-order valence-corrected chi connectivity index (χ2v) is 7.71. The molecule has 0 bridgehead atoms. The van der Waals surface area contributed by atoms with Crippen LogP contribution in [0.25, 0.3) is 0 Å². The molecule has 3 rings (SSSR count). The molecule has 1 aliphatic heterocycles. The van der Waals surface area contributed by atoms with Crippen molar-refractivity contribution in [1.82, 2.24) is 20.0 Å². The normalized spacial score (nSPS) is 16.8. The van der Waals surface area contributed by atoms with Crippen molar-refractivity contribution in [3.63, 3.8) is 0 Å². The number of nitrogens with zero attached hydrogens (tertiary/aromatic N) is 3. The van der Waals surface area contributed by atoms with Crippen molar-refractivity contribution < 1.29 is 9.59 Å². The van der Waals surface area contributed by atoms with E-state index in [1.165, 1.54) is 4.88 Å². The molecule has 2 amide bonds. The van der Waals surface area contributed by atoms with Gasteiger partial charge in [0.2, 0.25) is 11.8 Å². The van der Waals surface area contributed by atoms with Gasteiger partial charge < -0.3 is 10.2 Å². The predicted molar refractivity (Wildman–Crippen MR) is 97.2 cm³/mol. The van der Waals surface area contributed by atoms with Gasteiger partial charge in [-0.2, -0.15) is 5.10 Å². The predicted octanol–water partition coefficient (Wildman–Crippen LogP) is 2.23. The van der Waals surface area contributed by atoms with E-state index in [9.17, 15) is 9.59 Å². The summed E-state index contributed by atoms with van der Waals surface area (Å²) < 4.78 is 1.89. The highest BCUT2D eigenvalue weighted by Gasteiger charge is 2.30. The van der Waals surface area contributed by atoms with Crippen LogP contribution in [0.1, 0.15) is 36.9 Å². The summed E-state index contributed by atoms with van der Waals surface area (Å²) in [5.74, 6) is 0.0761. The van der Waals surface area contributed by atoms with Gasteiger partial charge in [-0.05, 0) is 23.9 Å². The molecule has 2 aromatic heterocycles. The van der Waals surface area contributed by atoms with Gasteiger partial charge in [0, 0.05) is 30.1 Å². The number of thiophene rings is 1. The Hall–Kier alpha value is -2.15. The van der Waals surface area contributed by atoms with Crippen molar-refractivity contribution in [3.8, 4) is 0 Å². The Kier molecular flexibility index (Phi) is 5.53. The first-order valence-corrected chi connectivity index (χ1v) is 9.53. The lowest BCUT2D eigenvalue weighted by atomic mass is 10.1. The van der Waals surface area contributed by atoms with Gasteiger partial charge in [-0.25, -0.2) is 0 Å². The lowest BCUT2D eigenvalue weighted by Gasteiger charge is -2.34. The van der Waals surface area contributed by atoms with Crippen LogP contribution >= 0.6 is 11.3 Å². The summed E-state index contributed by atoms with van der Waals surface area (Å²) in [6, 6.07) is 5.90. The maximum atomic E-state index is 12.4. The third-order valence-electron chi connectivity index (χ3n) is 4.38. The van der Waals surface area contributed by atoms with Crippen LogP contribution in [0, 0.1) is 5.92 Å². The summed E-state index contributed by atoms with van der Waals surface area (Å²) in [7, 11) is 0. The molecule has 1 aliphatic rings. The van der Waals surface area contributed by atoms with Crippen LogP contribution in [-0.2, 0) is 22.6 Å². The molecular formula is C18H24N4O2S. The van der Waals surface area contributed by atoms with Crippen molar-refractivity contribution in [2.45, 2.75) is 39.3 Å². The molecule has 6 nitrogen and oxygen atoms in total. The molecular weight excluding hydrogens is 336 g/mol. The van der Waals surface area contributed by atoms with Crippen molar-refractivity contribution in [3.05, 3.63) is 40.3 Å². The van der Waals surface area contributed by atoms with Gasteiger partial charge in [-0.3, -0.25) is 14.3 Å². The van der Waals surface area contributed by atoms with E-state index in [2.05, 4.69) is 16.5 Å². The first-order valence-electron chi connectivity index (χ1n) is 8.65. The molecule has 0 saturated carbocycles. The number of rotatable bonds is 6. The number of carbonyl (C=O) groups excluding carboxylic acids is 2.